The van der Waals surface area contributed by atoms with Crippen LogP contribution in [0, 0.1) is 5.92 Å². The van der Waals surface area contributed by atoms with E-state index in [1.54, 1.807) is 4.57 Å². The summed E-state index contributed by atoms with van der Waals surface area (Å²) >= 11 is 1.95. The summed E-state index contributed by atoms with van der Waals surface area (Å²) in [7, 11) is 0. The Morgan fingerprint density at radius 3 is 2.30 bits per heavy atom. The SMILES string of the molecule is CC1(CCC(=O)OC[C@@H]2C[C@H](OC(=O)CCCC(=O)NCCCOCCOCCOCCCNC(=O)CCCC[C@@H]3SC[C@H]4NC(=O)C[C@@H]34)[C@H](n3cnc4c(N)ncnc43)O2)N=N1. The molecule has 2 aromatic rings. The summed E-state index contributed by atoms with van der Waals surface area (Å²) in [6.45, 7) is 5.56. The Labute approximate surface area is 370 Å². The number of unbranched alkanes of at least 4 members (excludes halogenated alkanes) is 1. The average Bonchev–Trinajstić information content (AvgIpc) is 3.63. The molecule has 3 saturated heterocycles. The fourth-order valence-electron chi connectivity index (χ4n) is 7.72. The van der Waals surface area contributed by atoms with Gasteiger partial charge in [-0.3, -0.25) is 28.5 Å². The van der Waals surface area contributed by atoms with Gasteiger partial charge in [0.2, 0.25) is 17.7 Å². The number of amides is 3. The molecule has 0 bridgehead atoms. The van der Waals surface area contributed by atoms with Crippen molar-refractivity contribution >= 4 is 58.4 Å². The number of hydrogen-bond donors (Lipinski definition) is 4. The zero-order valence-corrected chi connectivity index (χ0v) is 36.9. The maximum atomic E-state index is 12.9. The van der Waals surface area contributed by atoms with E-state index >= 15 is 0 Å². The molecule has 6 atom stereocenters. The molecule has 0 saturated carbocycles. The smallest absolute Gasteiger partial charge is 0.306 e. The van der Waals surface area contributed by atoms with Gasteiger partial charge in [0.1, 0.15) is 24.6 Å². The molecule has 21 nitrogen and oxygen atoms in total. The first kappa shape index (κ1) is 48.0. The standard InChI is InChI=1S/C41H62N10O11S/c1-41(49-50-41)12-11-35(55)60-23-27-21-30(40(61-27)51-26-47-37-38(42)45-25-46-39(37)51)62-36(56)10-4-9-33(53)44-14-6-16-58-18-20-59-19-17-57-15-5-13-43-32(52)8-3-2-7-31-28-22-34(54)48-29(28)24-63-31/h25-31,40H,2-24H2,1H3,(H,43,52)(H,44,53)(H,48,54)(H2,42,45,46)/t27-,28+,29+,30-,31-,40+/m0/s1. The molecule has 2 aromatic heterocycles. The number of nitrogens with zero attached hydrogens (tertiary/aromatic N) is 6. The van der Waals surface area contributed by atoms with E-state index in [2.05, 4.69) is 41.1 Å². The zero-order chi connectivity index (χ0) is 44.4. The Morgan fingerprint density at radius 2 is 1.59 bits per heavy atom. The molecule has 6 heterocycles. The predicted octanol–water partition coefficient (Wildman–Crippen LogP) is 2.53. The maximum absolute atomic E-state index is 12.9. The van der Waals surface area contributed by atoms with Crippen molar-refractivity contribution in [3.63, 3.8) is 0 Å². The molecule has 4 aliphatic rings. The number of esters is 2. The molecule has 5 N–H and O–H groups in total. The number of nitrogens with two attached hydrogens (primary N) is 1. The third-order valence-corrected chi connectivity index (χ3v) is 12.8. The summed E-state index contributed by atoms with van der Waals surface area (Å²) in [5, 5.41) is 17.2. The third kappa shape index (κ3) is 15.6. The molecule has 348 valence electrons. The molecule has 0 unspecified atom stereocenters. The van der Waals surface area contributed by atoms with E-state index in [9.17, 15) is 24.0 Å². The number of nitrogen functional groups attached to an aromatic ring is 1. The largest absolute Gasteiger partial charge is 0.463 e. The van der Waals surface area contributed by atoms with Crippen molar-refractivity contribution in [3.8, 4) is 0 Å². The molecule has 63 heavy (non-hydrogen) atoms. The molecule has 4 aliphatic heterocycles. The first-order chi connectivity index (χ1) is 30.6. The minimum atomic E-state index is -0.809. The van der Waals surface area contributed by atoms with Crippen LogP contribution in [-0.4, -0.2) is 143 Å². The van der Waals surface area contributed by atoms with Crippen molar-refractivity contribution < 1.29 is 52.4 Å². The van der Waals surface area contributed by atoms with Crippen molar-refractivity contribution in [2.45, 2.75) is 126 Å². The van der Waals surface area contributed by atoms with Gasteiger partial charge in [0.25, 0.3) is 0 Å². The van der Waals surface area contributed by atoms with Crippen LogP contribution in [-0.2, 0) is 52.4 Å². The summed E-state index contributed by atoms with van der Waals surface area (Å²) in [6, 6.07) is 0.342. The van der Waals surface area contributed by atoms with Gasteiger partial charge in [0, 0.05) is 94.2 Å². The Morgan fingerprint density at radius 1 is 0.889 bits per heavy atom. The van der Waals surface area contributed by atoms with Crippen molar-refractivity contribution in [1.82, 2.24) is 35.5 Å². The maximum Gasteiger partial charge on any atom is 0.306 e. The molecule has 6 rings (SSSR count). The number of imidazole rings is 1. The Balaban J connectivity index is 0.729. The number of anilines is 1. The van der Waals surface area contributed by atoms with Gasteiger partial charge in [-0.15, -0.1) is 0 Å². The number of aromatic nitrogens is 4. The van der Waals surface area contributed by atoms with Gasteiger partial charge in [-0.25, -0.2) is 15.0 Å². The summed E-state index contributed by atoms with van der Waals surface area (Å²) in [5.74, 6) is 0.828. The molecular formula is C41H62N10O11S. The minimum absolute atomic E-state index is 0.0173. The number of fused-ring (bicyclic) bond motifs is 2. The Kier molecular flexibility index (Phi) is 18.7. The first-order valence-corrected chi connectivity index (χ1v) is 23.2. The lowest BCUT2D eigenvalue weighted by atomic mass is 9.94. The topological polar surface area (TPSA) is 271 Å². The van der Waals surface area contributed by atoms with E-state index in [-0.39, 0.29) is 55.8 Å². The Bertz CT molecular complexity index is 1860. The van der Waals surface area contributed by atoms with Crippen molar-refractivity contribution in [2.75, 3.05) is 70.8 Å². The predicted molar refractivity (Wildman–Crippen MR) is 228 cm³/mol. The van der Waals surface area contributed by atoms with E-state index in [0.717, 1.165) is 31.4 Å². The van der Waals surface area contributed by atoms with Gasteiger partial charge < -0.3 is 50.1 Å². The van der Waals surface area contributed by atoms with Crippen LogP contribution < -0.4 is 21.7 Å². The second kappa shape index (κ2) is 24.5. The van der Waals surface area contributed by atoms with Crippen molar-refractivity contribution in [3.05, 3.63) is 12.7 Å². The van der Waals surface area contributed by atoms with Crippen molar-refractivity contribution in [2.24, 2.45) is 16.1 Å². The van der Waals surface area contributed by atoms with Gasteiger partial charge in [-0.05, 0) is 39.0 Å². The number of ether oxygens (including phenoxy) is 6. The number of carbonyl (C=O) groups excluding carboxylic acids is 5. The number of nitrogens with one attached hydrogen (secondary N) is 3. The van der Waals surface area contributed by atoms with Gasteiger partial charge in [-0.1, -0.05) is 6.42 Å². The van der Waals surface area contributed by atoms with Crippen LogP contribution in [0.15, 0.2) is 22.9 Å². The van der Waals surface area contributed by atoms with Crippen LogP contribution in [0.4, 0.5) is 5.82 Å². The van der Waals surface area contributed by atoms with E-state index in [1.807, 2.05) is 18.7 Å². The van der Waals surface area contributed by atoms with Crippen LogP contribution in [0.1, 0.15) is 96.6 Å². The number of rotatable bonds is 30. The van der Waals surface area contributed by atoms with E-state index < -0.39 is 36.0 Å². The molecule has 0 spiro atoms. The highest BCUT2D eigenvalue weighted by molar-refractivity contribution is 8.00. The summed E-state index contributed by atoms with van der Waals surface area (Å²) in [4.78, 5) is 74.0. The van der Waals surface area contributed by atoms with E-state index in [0.29, 0.717) is 113 Å². The van der Waals surface area contributed by atoms with Crippen LogP contribution >= 0.6 is 11.8 Å². The monoisotopic (exact) mass is 902 g/mol. The molecule has 22 heteroatoms. The van der Waals surface area contributed by atoms with Gasteiger partial charge in [0.05, 0.1) is 38.9 Å². The van der Waals surface area contributed by atoms with Gasteiger partial charge in [-0.2, -0.15) is 22.0 Å². The fourth-order valence-corrected chi connectivity index (χ4v) is 9.37. The number of carbonyl (C=O) groups is 5. The van der Waals surface area contributed by atoms with Crippen LogP contribution in [0.5, 0.6) is 0 Å². The zero-order valence-electron chi connectivity index (χ0n) is 36.0. The normalized spacial score (nSPS) is 23.1. The highest BCUT2D eigenvalue weighted by Crippen LogP contribution is 2.40. The minimum Gasteiger partial charge on any atom is -0.463 e. The number of hydrogen-bond acceptors (Lipinski definition) is 18. The van der Waals surface area contributed by atoms with Gasteiger partial charge in [0.15, 0.2) is 23.4 Å². The fraction of sp³-hybridized carbons (Fsp3) is 0.756. The quantitative estimate of drug-likeness (QED) is 0.0648. The second-order valence-corrected chi connectivity index (χ2v) is 17.6. The summed E-state index contributed by atoms with van der Waals surface area (Å²) in [6.07, 6.45) is 7.47. The molecular weight excluding hydrogens is 841 g/mol. The summed E-state index contributed by atoms with van der Waals surface area (Å²) in [5.41, 5.74) is 6.24. The first-order valence-electron chi connectivity index (χ1n) is 22.1. The highest BCUT2D eigenvalue weighted by atomic mass is 32.2. The van der Waals surface area contributed by atoms with Crippen LogP contribution in [0.2, 0.25) is 0 Å². The lowest BCUT2D eigenvalue weighted by Crippen LogP contribution is -2.29. The van der Waals surface area contributed by atoms with Crippen molar-refractivity contribution in [1.29, 1.82) is 0 Å². The second-order valence-electron chi connectivity index (χ2n) is 16.4. The average molecular weight is 903 g/mol. The lowest BCUT2D eigenvalue weighted by molar-refractivity contribution is -0.155. The van der Waals surface area contributed by atoms with E-state index in [1.165, 1.54) is 12.7 Å². The van der Waals surface area contributed by atoms with Crippen LogP contribution in [0.3, 0.4) is 0 Å². The molecule has 3 fully saturated rings. The molecule has 0 aliphatic carbocycles. The van der Waals surface area contributed by atoms with Gasteiger partial charge >= 0.3 is 11.9 Å². The molecule has 3 amide bonds. The molecule has 0 aromatic carbocycles. The third-order valence-electron chi connectivity index (χ3n) is 11.3. The highest BCUT2D eigenvalue weighted by Gasteiger charge is 2.43. The lowest BCUT2D eigenvalue weighted by Gasteiger charge is -2.20. The van der Waals surface area contributed by atoms with E-state index in [4.69, 9.17) is 34.2 Å². The van der Waals surface area contributed by atoms with Crippen LogP contribution in [0.25, 0.3) is 11.2 Å². The number of thioether (sulfide) groups is 1. The summed E-state index contributed by atoms with van der Waals surface area (Å²) < 4.78 is 35.8. The Hall–Kier alpha value is -4.51. The molecule has 0 radical (unpaired) electrons.